The zero-order valence-corrected chi connectivity index (χ0v) is 11.3. The van der Waals surface area contributed by atoms with Gasteiger partial charge in [-0.25, -0.2) is 0 Å². The van der Waals surface area contributed by atoms with Crippen LogP contribution in [0.5, 0.6) is 0 Å². The average Bonchev–Trinajstić information content (AvgIpc) is 2.35. The number of rotatable bonds is 5. The first-order chi connectivity index (χ1) is 8.98. The van der Waals surface area contributed by atoms with Crippen LogP contribution in [0.3, 0.4) is 0 Å². The number of amides is 1. The number of benzene rings is 1. The van der Waals surface area contributed by atoms with Crippen LogP contribution in [0.15, 0.2) is 36.7 Å². The van der Waals surface area contributed by atoms with Crippen molar-refractivity contribution >= 4 is 16.7 Å². The molecule has 19 heavy (non-hydrogen) atoms. The number of aromatic nitrogens is 1. The molecular formula is C15H19N3O. The van der Waals surface area contributed by atoms with Crippen LogP contribution < -0.4 is 11.1 Å². The van der Waals surface area contributed by atoms with Gasteiger partial charge < -0.3 is 11.1 Å². The highest BCUT2D eigenvalue weighted by molar-refractivity contribution is 5.84. The number of carbonyl (C=O) groups is 1. The van der Waals surface area contributed by atoms with Crippen LogP contribution in [-0.4, -0.2) is 16.4 Å². The van der Waals surface area contributed by atoms with Gasteiger partial charge in [0, 0.05) is 36.3 Å². The Labute approximate surface area is 113 Å². The first-order valence-corrected chi connectivity index (χ1v) is 6.33. The second kappa shape index (κ2) is 5.36. The number of primary amides is 1. The molecule has 2 aromatic rings. The number of hydrogen-bond acceptors (Lipinski definition) is 3. The number of nitrogens with zero attached hydrogens (tertiary/aromatic N) is 1. The maximum Gasteiger partial charge on any atom is 0.219 e. The minimum absolute atomic E-state index is 0.298. The van der Waals surface area contributed by atoms with E-state index in [0.717, 1.165) is 10.9 Å². The van der Waals surface area contributed by atoms with Gasteiger partial charge in [-0.05, 0) is 24.8 Å². The fourth-order valence-corrected chi connectivity index (χ4v) is 2.15. The van der Waals surface area contributed by atoms with Gasteiger partial charge in [0.15, 0.2) is 0 Å². The fourth-order valence-electron chi connectivity index (χ4n) is 2.15. The minimum Gasteiger partial charge on any atom is -0.370 e. The van der Waals surface area contributed by atoms with Crippen molar-refractivity contribution in [1.29, 1.82) is 0 Å². The van der Waals surface area contributed by atoms with Crippen molar-refractivity contribution in [2.24, 2.45) is 5.73 Å². The Morgan fingerprint density at radius 2 is 2.05 bits per heavy atom. The third-order valence-corrected chi connectivity index (χ3v) is 3.12. The first kappa shape index (κ1) is 13.5. The quantitative estimate of drug-likeness (QED) is 0.860. The second-order valence-electron chi connectivity index (χ2n) is 5.40. The minimum atomic E-state index is -0.317. The predicted octanol–water partition coefficient (Wildman–Crippen LogP) is 1.98. The van der Waals surface area contributed by atoms with Crippen LogP contribution in [0, 0.1) is 0 Å². The molecule has 1 aromatic heterocycles. The van der Waals surface area contributed by atoms with Gasteiger partial charge in [-0.3, -0.25) is 9.78 Å². The van der Waals surface area contributed by atoms with Crippen LogP contribution >= 0.6 is 0 Å². The highest BCUT2D eigenvalue weighted by Gasteiger charge is 2.19. The van der Waals surface area contributed by atoms with Crippen molar-refractivity contribution in [3.8, 4) is 0 Å². The van der Waals surface area contributed by atoms with Gasteiger partial charge in [0.1, 0.15) is 0 Å². The smallest absolute Gasteiger partial charge is 0.219 e. The van der Waals surface area contributed by atoms with E-state index in [1.54, 1.807) is 0 Å². The summed E-state index contributed by atoms with van der Waals surface area (Å²) in [5, 5.41) is 5.66. The Bertz CT molecular complexity index is 587. The van der Waals surface area contributed by atoms with Gasteiger partial charge in [-0.2, -0.15) is 0 Å². The molecule has 0 saturated heterocycles. The molecule has 3 N–H and O–H groups in total. The van der Waals surface area contributed by atoms with Crippen molar-refractivity contribution in [3.05, 3.63) is 42.2 Å². The number of nitrogens with one attached hydrogen (secondary N) is 1. The van der Waals surface area contributed by atoms with Crippen molar-refractivity contribution < 1.29 is 4.79 Å². The molecule has 0 bridgehead atoms. The molecule has 1 heterocycles. The number of nitrogens with two attached hydrogens (primary N) is 1. The molecule has 1 amide bonds. The summed E-state index contributed by atoms with van der Waals surface area (Å²) in [4.78, 5) is 15.3. The van der Waals surface area contributed by atoms with E-state index in [1.165, 1.54) is 5.39 Å². The number of fused-ring (bicyclic) bond motifs is 1. The molecule has 0 fully saturated rings. The molecule has 0 aliphatic rings. The lowest BCUT2D eigenvalue weighted by Gasteiger charge is -2.25. The Hall–Kier alpha value is -1.94. The number of carbonyl (C=O) groups excluding carboxylic acids is 1. The second-order valence-corrected chi connectivity index (χ2v) is 5.40. The van der Waals surface area contributed by atoms with Crippen LogP contribution in [0.1, 0.15) is 25.8 Å². The molecular weight excluding hydrogens is 238 g/mol. The molecule has 1 aromatic carbocycles. The van der Waals surface area contributed by atoms with E-state index in [2.05, 4.69) is 16.4 Å². The monoisotopic (exact) mass is 257 g/mol. The van der Waals surface area contributed by atoms with Crippen LogP contribution in [0.25, 0.3) is 10.8 Å². The SMILES string of the molecule is CC(C)(CC(N)=O)NCc1cncc2ccccc12. The van der Waals surface area contributed by atoms with Gasteiger partial charge in [0.2, 0.25) is 5.91 Å². The van der Waals surface area contributed by atoms with Crippen LogP contribution in [-0.2, 0) is 11.3 Å². The molecule has 100 valence electrons. The van der Waals surface area contributed by atoms with Crippen molar-refractivity contribution in [3.63, 3.8) is 0 Å². The van der Waals surface area contributed by atoms with E-state index < -0.39 is 0 Å². The Morgan fingerprint density at radius 1 is 1.32 bits per heavy atom. The highest BCUT2D eigenvalue weighted by Crippen LogP contribution is 2.18. The molecule has 4 nitrogen and oxygen atoms in total. The van der Waals surface area contributed by atoms with E-state index >= 15 is 0 Å². The summed E-state index contributed by atoms with van der Waals surface area (Å²) < 4.78 is 0. The number of pyridine rings is 1. The lowest BCUT2D eigenvalue weighted by molar-refractivity contribution is -0.119. The summed E-state index contributed by atoms with van der Waals surface area (Å²) in [6, 6.07) is 8.13. The maximum absolute atomic E-state index is 11.0. The standard InChI is InChI=1S/C15H19N3O/c1-15(2,7-14(16)19)18-10-12-9-17-8-11-5-3-4-6-13(11)12/h3-6,8-9,18H,7,10H2,1-2H3,(H2,16,19). The predicted molar refractivity (Wildman–Crippen MR) is 76.5 cm³/mol. The molecule has 0 radical (unpaired) electrons. The Kier molecular flexibility index (Phi) is 3.81. The molecule has 0 unspecified atom stereocenters. The van der Waals surface area contributed by atoms with E-state index in [4.69, 9.17) is 5.73 Å². The third-order valence-electron chi connectivity index (χ3n) is 3.12. The van der Waals surface area contributed by atoms with Crippen molar-refractivity contribution in [1.82, 2.24) is 10.3 Å². The lowest BCUT2D eigenvalue weighted by Crippen LogP contribution is -2.42. The van der Waals surface area contributed by atoms with E-state index in [1.807, 2.05) is 44.4 Å². The first-order valence-electron chi connectivity index (χ1n) is 6.33. The van der Waals surface area contributed by atoms with E-state index in [0.29, 0.717) is 13.0 Å². The maximum atomic E-state index is 11.0. The summed E-state index contributed by atoms with van der Waals surface area (Å²) >= 11 is 0. The third kappa shape index (κ3) is 3.51. The van der Waals surface area contributed by atoms with Crippen molar-refractivity contribution in [2.75, 3.05) is 0 Å². The van der Waals surface area contributed by atoms with Gasteiger partial charge in [-0.1, -0.05) is 24.3 Å². The van der Waals surface area contributed by atoms with Gasteiger partial charge in [0.25, 0.3) is 0 Å². The normalized spacial score (nSPS) is 11.7. The van der Waals surface area contributed by atoms with Gasteiger partial charge in [-0.15, -0.1) is 0 Å². The summed E-state index contributed by atoms with van der Waals surface area (Å²) in [5.74, 6) is -0.298. The van der Waals surface area contributed by atoms with Crippen molar-refractivity contribution in [2.45, 2.75) is 32.4 Å². The summed E-state index contributed by atoms with van der Waals surface area (Å²) in [5.41, 5.74) is 6.05. The largest absolute Gasteiger partial charge is 0.370 e. The van der Waals surface area contributed by atoms with E-state index in [9.17, 15) is 4.79 Å². The molecule has 0 aliphatic heterocycles. The highest BCUT2D eigenvalue weighted by atomic mass is 16.1. The van der Waals surface area contributed by atoms with E-state index in [-0.39, 0.29) is 11.4 Å². The number of hydrogen-bond donors (Lipinski definition) is 2. The summed E-state index contributed by atoms with van der Waals surface area (Å²) in [6.45, 7) is 4.60. The zero-order chi connectivity index (χ0) is 13.9. The van der Waals surface area contributed by atoms with Gasteiger partial charge in [0.05, 0.1) is 0 Å². The topological polar surface area (TPSA) is 68.0 Å². The fraction of sp³-hybridized carbons (Fsp3) is 0.333. The average molecular weight is 257 g/mol. The van der Waals surface area contributed by atoms with Crippen LogP contribution in [0.4, 0.5) is 0 Å². The van der Waals surface area contributed by atoms with Gasteiger partial charge >= 0.3 is 0 Å². The molecule has 0 atom stereocenters. The molecule has 4 heteroatoms. The molecule has 0 spiro atoms. The Morgan fingerprint density at radius 3 is 2.79 bits per heavy atom. The summed E-state index contributed by atoms with van der Waals surface area (Å²) in [6.07, 6.45) is 4.02. The zero-order valence-electron chi connectivity index (χ0n) is 11.3. The van der Waals surface area contributed by atoms with Crippen LogP contribution in [0.2, 0.25) is 0 Å². The Balaban J connectivity index is 2.16. The molecule has 2 rings (SSSR count). The molecule has 0 aliphatic carbocycles. The molecule has 0 saturated carbocycles. The lowest BCUT2D eigenvalue weighted by atomic mass is 9.99. The summed E-state index contributed by atoms with van der Waals surface area (Å²) in [7, 11) is 0.